The van der Waals surface area contributed by atoms with E-state index in [0.29, 0.717) is 24.9 Å². The number of imidazole rings is 1. The van der Waals surface area contributed by atoms with Gasteiger partial charge in [-0.05, 0) is 63.5 Å². The van der Waals surface area contributed by atoms with Gasteiger partial charge in [-0.3, -0.25) is 0 Å². The van der Waals surface area contributed by atoms with Gasteiger partial charge in [0.15, 0.2) is 5.65 Å². The standard InChI is InChI=1S/C21H30N4O3/c1-21(2,3)28-20(26)25-9-5-15(6-10-25)16-4-8-22-19-18(16)23-17(24-19)12-14-7-11-27-13-14/h4,8,14-15H,5-7,9-13H2,1-3H3,(H,22,23,24). The van der Waals surface area contributed by atoms with E-state index in [9.17, 15) is 4.79 Å². The number of amides is 1. The predicted molar refractivity (Wildman–Crippen MR) is 106 cm³/mol. The molecular formula is C21H30N4O3. The maximum atomic E-state index is 12.3. The molecule has 0 radical (unpaired) electrons. The second kappa shape index (κ2) is 7.70. The first kappa shape index (κ1) is 19.2. The van der Waals surface area contributed by atoms with E-state index in [0.717, 1.165) is 55.9 Å². The summed E-state index contributed by atoms with van der Waals surface area (Å²) in [4.78, 5) is 26.8. The van der Waals surface area contributed by atoms with E-state index in [1.165, 1.54) is 5.56 Å². The molecule has 7 nitrogen and oxygen atoms in total. The summed E-state index contributed by atoms with van der Waals surface area (Å²) in [6.07, 6.45) is 5.48. The van der Waals surface area contributed by atoms with Crippen molar-refractivity contribution in [2.75, 3.05) is 26.3 Å². The SMILES string of the molecule is CC(C)(C)OC(=O)N1CCC(c2ccnc3nc(CC4CCOC4)[nH]c23)CC1. The molecule has 0 aromatic carbocycles. The lowest BCUT2D eigenvalue weighted by atomic mass is 9.89. The van der Waals surface area contributed by atoms with Gasteiger partial charge in [-0.1, -0.05) is 0 Å². The number of carbonyl (C=O) groups excluding carboxylic acids is 1. The molecule has 2 aromatic heterocycles. The molecule has 28 heavy (non-hydrogen) atoms. The van der Waals surface area contributed by atoms with Crippen LogP contribution in [0.5, 0.6) is 0 Å². The Balaban J connectivity index is 1.44. The maximum Gasteiger partial charge on any atom is 0.410 e. The van der Waals surface area contributed by atoms with Gasteiger partial charge in [-0.25, -0.2) is 14.8 Å². The van der Waals surface area contributed by atoms with Crippen LogP contribution in [0.15, 0.2) is 12.3 Å². The van der Waals surface area contributed by atoms with Crippen LogP contribution in [0.3, 0.4) is 0 Å². The van der Waals surface area contributed by atoms with Crippen LogP contribution in [-0.4, -0.2) is 57.8 Å². The molecule has 0 spiro atoms. The van der Waals surface area contributed by atoms with Gasteiger partial charge in [0.1, 0.15) is 11.4 Å². The average molecular weight is 386 g/mol. The van der Waals surface area contributed by atoms with Crippen molar-refractivity contribution in [1.29, 1.82) is 0 Å². The first-order valence-electron chi connectivity index (χ1n) is 10.3. The Morgan fingerprint density at radius 2 is 2.11 bits per heavy atom. The number of hydrogen-bond donors (Lipinski definition) is 1. The minimum Gasteiger partial charge on any atom is -0.444 e. The molecule has 2 fully saturated rings. The van der Waals surface area contributed by atoms with E-state index in [4.69, 9.17) is 14.5 Å². The lowest BCUT2D eigenvalue weighted by Crippen LogP contribution is -2.41. The molecule has 2 aliphatic rings. The van der Waals surface area contributed by atoms with Crippen molar-refractivity contribution in [2.45, 2.75) is 58.0 Å². The minimum atomic E-state index is -0.456. The summed E-state index contributed by atoms with van der Waals surface area (Å²) >= 11 is 0. The zero-order valence-electron chi connectivity index (χ0n) is 17.0. The number of H-pyrrole nitrogens is 1. The Bertz CT molecular complexity index is 828. The summed E-state index contributed by atoms with van der Waals surface area (Å²) in [6.45, 7) is 8.80. The molecule has 2 aromatic rings. The van der Waals surface area contributed by atoms with Crippen LogP contribution in [0.2, 0.25) is 0 Å². The number of fused-ring (bicyclic) bond motifs is 1. The number of rotatable bonds is 3. The number of nitrogens with zero attached hydrogens (tertiary/aromatic N) is 3. The van der Waals surface area contributed by atoms with E-state index in [1.54, 1.807) is 0 Å². The van der Waals surface area contributed by atoms with Crippen molar-refractivity contribution in [2.24, 2.45) is 5.92 Å². The second-order valence-electron chi connectivity index (χ2n) is 8.96. The summed E-state index contributed by atoms with van der Waals surface area (Å²) in [6, 6.07) is 2.09. The van der Waals surface area contributed by atoms with Gasteiger partial charge in [-0.15, -0.1) is 0 Å². The van der Waals surface area contributed by atoms with Gasteiger partial charge in [0.25, 0.3) is 0 Å². The molecule has 0 saturated carbocycles. The molecule has 2 saturated heterocycles. The van der Waals surface area contributed by atoms with Gasteiger partial charge in [-0.2, -0.15) is 0 Å². The Labute approximate surface area is 165 Å². The highest BCUT2D eigenvalue weighted by Crippen LogP contribution is 2.32. The van der Waals surface area contributed by atoms with Crippen molar-refractivity contribution in [1.82, 2.24) is 19.9 Å². The third-order valence-electron chi connectivity index (χ3n) is 5.57. The number of aromatic amines is 1. The smallest absolute Gasteiger partial charge is 0.410 e. The van der Waals surface area contributed by atoms with Gasteiger partial charge >= 0.3 is 6.09 Å². The van der Waals surface area contributed by atoms with Crippen LogP contribution in [0.1, 0.15) is 57.3 Å². The molecule has 0 aliphatic carbocycles. The molecule has 0 bridgehead atoms. The topological polar surface area (TPSA) is 80.3 Å². The lowest BCUT2D eigenvalue weighted by molar-refractivity contribution is 0.0205. The van der Waals surface area contributed by atoms with Gasteiger partial charge < -0.3 is 19.4 Å². The van der Waals surface area contributed by atoms with E-state index in [-0.39, 0.29) is 6.09 Å². The first-order chi connectivity index (χ1) is 13.4. The molecule has 1 atom stereocenters. The minimum absolute atomic E-state index is 0.214. The number of carbonyl (C=O) groups is 1. The summed E-state index contributed by atoms with van der Waals surface area (Å²) in [5.74, 6) is 1.94. The van der Waals surface area contributed by atoms with Crippen molar-refractivity contribution < 1.29 is 14.3 Å². The highest BCUT2D eigenvalue weighted by atomic mass is 16.6. The Morgan fingerprint density at radius 3 is 2.79 bits per heavy atom. The van der Waals surface area contributed by atoms with Crippen LogP contribution in [0.4, 0.5) is 4.79 Å². The predicted octanol–water partition coefficient (Wildman–Crippen LogP) is 3.65. The fourth-order valence-corrected chi connectivity index (χ4v) is 4.13. The quantitative estimate of drug-likeness (QED) is 0.871. The summed E-state index contributed by atoms with van der Waals surface area (Å²) in [7, 11) is 0. The summed E-state index contributed by atoms with van der Waals surface area (Å²) in [5, 5.41) is 0. The van der Waals surface area contributed by atoms with Crippen LogP contribution in [0, 0.1) is 5.92 Å². The van der Waals surface area contributed by atoms with Crippen LogP contribution >= 0.6 is 0 Å². The number of nitrogens with one attached hydrogen (secondary N) is 1. The molecule has 152 valence electrons. The third-order valence-corrected chi connectivity index (χ3v) is 5.57. The molecule has 1 N–H and O–H groups in total. The fourth-order valence-electron chi connectivity index (χ4n) is 4.13. The molecular weight excluding hydrogens is 356 g/mol. The number of likely N-dealkylation sites (tertiary alicyclic amines) is 1. The van der Waals surface area contributed by atoms with Gasteiger partial charge in [0, 0.05) is 38.9 Å². The van der Waals surface area contributed by atoms with Crippen LogP contribution in [0.25, 0.3) is 11.2 Å². The zero-order chi connectivity index (χ0) is 19.7. The normalized spacial score (nSPS) is 21.4. The van der Waals surface area contributed by atoms with Crippen LogP contribution in [-0.2, 0) is 15.9 Å². The van der Waals surface area contributed by atoms with E-state index >= 15 is 0 Å². The highest BCUT2D eigenvalue weighted by Gasteiger charge is 2.29. The molecule has 4 rings (SSSR count). The Morgan fingerprint density at radius 1 is 1.32 bits per heavy atom. The largest absolute Gasteiger partial charge is 0.444 e. The van der Waals surface area contributed by atoms with Crippen molar-refractivity contribution >= 4 is 17.3 Å². The van der Waals surface area contributed by atoms with Gasteiger partial charge in [0.05, 0.1) is 5.52 Å². The maximum absolute atomic E-state index is 12.3. The highest BCUT2D eigenvalue weighted by molar-refractivity contribution is 5.75. The second-order valence-corrected chi connectivity index (χ2v) is 8.96. The van der Waals surface area contributed by atoms with Crippen molar-refractivity contribution in [3.05, 3.63) is 23.7 Å². The molecule has 7 heteroatoms. The molecule has 1 unspecified atom stereocenters. The average Bonchev–Trinajstić information content (AvgIpc) is 3.29. The first-order valence-corrected chi connectivity index (χ1v) is 10.3. The van der Waals surface area contributed by atoms with Crippen LogP contribution < -0.4 is 0 Å². The van der Waals surface area contributed by atoms with E-state index in [2.05, 4.69) is 16.0 Å². The zero-order valence-corrected chi connectivity index (χ0v) is 17.0. The third kappa shape index (κ3) is 4.29. The van der Waals surface area contributed by atoms with Gasteiger partial charge in [0.2, 0.25) is 0 Å². The Kier molecular flexibility index (Phi) is 5.27. The Hall–Kier alpha value is -2.15. The molecule has 1 amide bonds. The number of piperidine rings is 1. The molecule has 2 aliphatic heterocycles. The van der Waals surface area contributed by atoms with Crippen molar-refractivity contribution in [3.8, 4) is 0 Å². The lowest BCUT2D eigenvalue weighted by Gasteiger charge is -2.33. The van der Waals surface area contributed by atoms with E-state index < -0.39 is 5.60 Å². The van der Waals surface area contributed by atoms with Crippen molar-refractivity contribution in [3.63, 3.8) is 0 Å². The number of aromatic nitrogens is 3. The molecule has 4 heterocycles. The number of hydrogen-bond acceptors (Lipinski definition) is 5. The number of ether oxygens (including phenoxy) is 2. The number of pyridine rings is 1. The monoisotopic (exact) mass is 386 g/mol. The summed E-state index contributed by atoms with van der Waals surface area (Å²) in [5.41, 5.74) is 2.64. The summed E-state index contributed by atoms with van der Waals surface area (Å²) < 4.78 is 11.0. The van der Waals surface area contributed by atoms with E-state index in [1.807, 2.05) is 31.9 Å². The fraction of sp³-hybridized carbons (Fsp3) is 0.667.